The summed E-state index contributed by atoms with van der Waals surface area (Å²) in [6.45, 7) is 6.14. The third-order valence-corrected chi connectivity index (χ3v) is 5.56. The molecule has 2 fully saturated rings. The zero-order valence-corrected chi connectivity index (χ0v) is 15.9. The average Bonchev–Trinajstić information content (AvgIpc) is 3.34. The van der Waals surface area contributed by atoms with Gasteiger partial charge in [-0.05, 0) is 37.1 Å². The minimum absolute atomic E-state index is 0.113. The van der Waals surface area contributed by atoms with E-state index in [-0.39, 0.29) is 12.3 Å². The van der Waals surface area contributed by atoms with Crippen LogP contribution in [0.5, 0.6) is 0 Å². The van der Waals surface area contributed by atoms with Crippen LogP contribution in [-0.4, -0.2) is 53.2 Å². The lowest BCUT2D eigenvalue weighted by Crippen LogP contribution is -2.49. The standard InChI is InChI=1S/C20H27N5O2/c1-15-21-19(23-27-15)14-20(26)22-16-6-8-18(9-7-16)25-12-10-24(11-13-25)17-4-2-3-5-17/h6-9,17H,2-5,10-14H2,1H3,(H,22,26). The van der Waals surface area contributed by atoms with Gasteiger partial charge in [-0.15, -0.1) is 0 Å². The van der Waals surface area contributed by atoms with Gasteiger partial charge in [-0.2, -0.15) is 4.98 Å². The first-order chi connectivity index (χ1) is 13.2. The van der Waals surface area contributed by atoms with Crippen molar-refractivity contribution >= 4 is 17.3 Å². The number of nitrogens with zero attached hydrogens (tertiary/aromatic N) is 4. The van der Waals surface area contributed by atoms with Crippen molar-refractivity contribution in [2.24, 2.45) is 0 Å². The van der Waals surface area contributed by atoms with Crippen LogP contribution >= 0.6 is 0 Å². The molecule has 2 heterocycles. The third-order valence-electron chi connectivity index (χ3n) is 5.56. The molecule has 1 aliphatic carbocycles. The molecule has 0 unspecified atom stereocenters. The highest BCUT2D eigenvalue weighted by atomic mass is 16.5. The molecule has 7 nitrogen and oxygen atoms in total. The highest BCUT2D eigenvalue weighted by Gasteiger charge is 2.26. The van der Waals surface area contributed by atoms with E-state index in [4.69, 9.17) is 4.52 Å². The van der Waals surface area contributed by atoms with Crippen LogP contribution in [0.1, 0.15) is 37.4 Å². The summed E-state index contributed by atoms with van der Waals surface area (Å²) < 4.78 is 4.89. The number of hydrogen-bond acceptors (Lipinski definition) is 6. The predicted molar refractivity (Wildman–Crippen MR) is 104 cm³/mol. The van der Waals surface area contributed by atoms with Gasteiger partial charge in [-0.3, -0.25) is 9.69 Å². The maximum Gasteiger partial charge on any atom is 0.232 e. The Bertz CT molecular complexity index is 759. The van der Waals surface area contributed by atoms with Gasteiger partial charge >= 0.3 is 0 Å². The molecule has 7 heteroatoms. The second kappa shape index (κ2) is 8.08. The molecular formula is C20H27N5O2. The highest BCUT2D eigenvalue weighted by Crippen LogP contribution is 2.26. The van der Waals surface area contributed by atoms with E-state index in [2.05, 4.69) is 37.4 Å². The largest absolute Gasteiger partial charge is 0.369 e. The van der Waals surface area contributed by atoms with E-state index >= 15 is 0 Å². The van der Waals surface area contributed by atoms with E-state index in [1.54, 1.807) is 6.92 Å². The summed E-state index contributed by atoms with van der Waals surface area (Å²) in [5.41, 5.74) is 2.00. The number of aryl methyl sites for hydroxylation is 1. The molecule has 0 radical (unpaired) electrons. The van der Waals surface area contributed by atoms with Gasteiger partial charge in [0.2, 0.25) is 11.8 Å². The molecule has 0 atom stereocenters. The lowest BCUT2D eigenvalue weighted by molar-refractivity contribution is -0.115. The van der Waals surface area contributed by atoms with Crippen LogP contribution in [-0.2, 0) is 11.2 Å². The molecule has 2 aliphatic rings. The SMILES string of the molecule is Cc1nc(CC(=O)Nc2ccc(N3CCN(C4CCCC4)CC3)cc2)no1. The molecule has 1 saturated heterocycles. The lowest BCUT2D eigenvalue weighted by atomic mass is 10.1. The van der Waals surface area contributed by atoms with Gasteiger partial charge in [-0.25, -0.2) is 0 Å². The molecule has 4 rings (SSSR count). The van der Waals surface area contributed by atoms with Crippen LogP contribution in [0.4, 0.5) is 11.4 Å². The topological polar surface area (TPSA) is 74.5 Å². The summed E-state index contributed by atoms with van der Waals surface area (Å²) >= 11 is 0. The van der Waals surface area contributed by atoms with E-state index in [9.17, 15) is 4.79 Å². The molecular weight excluding hydrogens is 342 g/mol. The van der Waals surface area contributed by atoms with Crippen LogP contribution in [0.25, 0.3) is 0 Å². The normalized spacial score (nSPS) is 18.8. The Morgan fingerprint density at radius 2 is 1.85 bits per heavy atom. The molecule has 1 aromatic heterocycles. The van der Waals surface area contributed by atoms with Crippen molar-refractivity contribution in [1.82, 2.24) is 15.0 Å². The van der Waals surface area contributed by atoms with Crippen molar-refractivity contribution in [3.8, 4) is 0 Å². The fourth-order valence-electron chi connectivity index (χ4n) is 4.13. The van der Waals surface area contributed by atoms with Crippen molar-refractivity contribution in [2.45, 2.75) is 45.1 Å². The van der Waals surface area contributed by atoms with Crippen molar-refractivity contribution < 1.29 is 9.32 Å². The van der Waals surface area contributed by atoms with Crippen LogP contribution < -0.4 is 10.2 Å². The fourth-order valence-corrected chi connectivity index (χ4v) is 4.13. The second-order valence-corrected chi connectivity index (χ2v) is 7.46. The number of anilines is 2. The second-order valence-electron chi connectivity index (χ2n) is 7.46. The van der Waals surface area contributed by atoms with Crippen LogP contribution in [0, 0.1) is 6.92 Å². The molecule has 1 aliphatic heterocycles. The number of rotatable bonds is 5. The van der Waals surface area contributed by atoms with Gasteiger partial charge in [-0.1, -0.05) is 18.0 Å². The number of benzene rings is 1. The number of carbonyl (C=O) groups excluding carboxylic acids is 1. The Balaban J connectivity index is 1.28. The molecule has 27 heavy (non-hydrogen) atoms. The molecule has 1 amide bonds. The Morgan fingerprint density at radius 1 is 1.15 bits per heavy atom. The summed E-state index contributed by atoms with van der Waals surface area (Å²) in [5.74, 6) is 0.727. The third kappa shape index (κ3) is 4.47. The maximum absolute atomic E-state index is 12.1. The molecule has 0 spiro atoms. The van der Waals surface area contributed by atoms with Gasteiger partial charge in [0.1, 0.15) is 0 Å². The van der Waals surface area contributed by atoms with Gasteiger partial charge < -0.3 is 14.7 Å². The van der Waals surface area contributed by atoms with Gasteiger partial charge in [0.25, 0.3) is 0 Å². The Kier molecular flexibility index (Phi) is 5.38. The monoisotopic (exact) mass is 369 g/mol. The summed E-state index contributed by atoms with van der Waals surface area (Å²) in [4.78, 5) is 21.2. The molecule has 1 saturated carbocycles. The minimum atomic E-state index is -0.145. The van der Waals surface area contributed by atoms with E-state index < -0.39 is 0 Å². The fraction of sp³-hybridized carbons (Fsp3) is 0.550. The molecule has 1 N–H and O–H groups in total. The summed E-state index contributed by atoms with van der Waals surface area (Å²) in [6.07, 6.45) is 5.65. The van der Waals surface area contributed by atoms with Crippen LogP contribution in [0.2, 0.25) is 0 Å². The summed E-state index contributed by atoms with van der Waals surface area (Å²) in [7, 11) is 0. The molecule has 1 aromatic carbocycles. The van der Waals surface area contributed by atoms with Gasteiger partial charge in [0, 0.05) is 50.5 Å². The van der Waals surface area contributed by atoms with Crippen molar-refractivity contribution in [3.05, 3.63) is 36.0 Å². The smallest absolute Gasteiger partial charge is 0.232 e. The van der Waals surface area contributed by atoms with Gasteiger partial charge in [0.15, 0.2) is 5.82 Å². The predicted octanol–water partition coefficient (Wildman–Crippen LogP) is 2.62. The minimum Gasteiger partial charge on any atom is -0.369 e. The number of aromatic nitrogens is 2. The Hall–Kier alpha value is -2.41. The first-order valence-electron chi connectivity index (χ1n) is 9.85. The van der Waals surface area contributed by atoms with Crippen molar-refractivity contribution in [1.29, 1.82) is 0 Å². The highest BCUT2D eigenvalue weighted by molar-refractivity contribution is 5.91. The molecule has 144 valence electrons. The zero-order chi connectivity index (χ0) is 18.6. The summed E-state index contributed by atoms with van der Waals surface area (Å²) in [6, 6.07) is 8.89. The maximum atomic E-state index is 12.1. The average molecular weight is 369 g/mol. The number of piperazine rings is 1. The first-order valence-corrected chi connectivity index (χ1v) is 9.85. The van der Waals surface area contributed by atoms with Gasteiger partial charge in [0.05, 0.1) is 6.42 Å². The first kappa shape index (κ1) is 18.0. The quantitative estimate of drug-likeness (QED) is 0.873. The van der Waals surface area contributed by atoms with E-state index in [1.165, 1.54) is 31.4 Å². The van der Waals surface area contributed by atoms with E-state index in [1.807, 2.05) is 12.1 Å². The summed E-state index contributed by atoms with van der Waals surface area (Å²) in [5, 5.41) is 6.64. The van der Waals surface area contributed by atoms with E-state index in [0.717, 1.165) is 37.9 Å². The molecule has 0 bridgehead atoms. The van der Waals surface area contributed by atoms with Crippen molar-refractivity contribution in [3.63, 3.8) is 0 Å². The number of amides is 1. The number of carbonyl (C=O) groups is 1. The van der Waals surface area contributed by atoms with Crippen molar-refractivity contribution in [2.75, 3.05) is 36.4 Å². The van der Waals surface area contributed by atoms with Crippen LogP contribution in [0.3, 0.4) is 0 Å². The van der Waals surface area contributed by atoms with Crippen LogP contribution in [0.15, 0.2) is 28.8 Å². The number of nitrogens with one attached hydrogen (secondary N) is 1. The number of hydrogen-bond donors (Lipinski definition) is 1. The zero-order valence-electron chi connectivity index (χ0n) is 15.9. The lowest BCUT2D eigenvalue weighted by Gasteiger charge is -2.39. The Labute approximate surface area is 159 Å². The molecule has 2 aromatic rings. The van der Waals surface area contributed by atoms with E-state index in [0.29, 0.717) is 11.7 Å². The Morgan fingerprint density at radius 3 is 2.48 bits per heavy atom.